The number of methoxy groups -OCH3 is 2. The fourth-order valence-electron chi connectivity index (χ4n) is 4.49. The highest BCUT2D eigenvalue weighted by Gasteiger charge is 2.49. The van der Waals surface area contributed by atoms with Crippen molar-refractivity contribution in [2.24, 2.45) is 0 Å². The fourth-order valence-corrected chi connectivity index (χ4v) is 5.03. The summed E-state index contributed by atoms with van der Waals surface area (Å²) in [6.45, 7) is 0. The summed E-state index contributed by atoms with van der Waals surface area (Å²) in [6, 6.07) is 11.7. The standard InChI is InChI=1S/C24H24BrNO5/c1-30-17-10-7-14(8-11-17)21-20(22(27)15-9-12-19(31-2)18(25)13-15)23(28)24(29)26(21)16-5-3-4-6-16/h7-13,16,21,27H,3-6H2,1-2H3/b22-20-. The maximum Gasteiger partial charge on any atom is 0.295 e. The van der Waals surface area contributed by atoms with Crippen molar-refractivity contribution in [2.45, 2.75) is 37.8 Å². The van der Waals surface area contributed by atoms with Crippen molar-refractivity contribution in [1.29, 1.82) is 0 Å². The molecule has 1 heterocycles. The summed E-state index contributed by atoms with van der Waals surface area (Å²) in [7, 11) is 3.14. The number of hydrogen-bond acceptors (Lipinski definition) is 5. The Bertz CT molecular complexity index is 1040. The minimum Gasteiger partial charge on any atom is -0.507 e. The average molecular weight is 486 g/mol. The third-order valence-electron chi connectivity index (χ3n) is 6.05. The molecule has 2 aliphatic rings. The van der Waals surface area contributed by atoms with Crippen molar-refractivity contribution < 1.29 is 24.2 Å². The van der Waals surface area contributed by atoms with Crippen molar-refractivity contribution >= 4 is 33.4 Å². The number of rotatable bonds is 5. The molecule has 4 rings (SSSR count). The average Bonchev–Trinajstić information content (AvgIpc) is 3.40. The van der Waals surface area contributed by atoms with Crippen LogP contribution in [0.1, 0.15) is 42.9 Å². The van der Waals surface area contributed by atoms with E-state index < -0.39 is 17.7 Å². The SMILES string of the molecule is COc1ccc(C2/C(=C(/O)c3ccc(OC)c(Br)c3)C(=O)C(=O)N2C2CCCC2)cc1. The first-order chi connectivity index (χ1) is 15.0. The minimum atomic E-state index is -0.655. The van der Waals surface area contributed by atoms with Gasteiger partial charge in [-0.05, 0) is 64.7 Å². The van der Waals surface area contributed by atoms with Crippen LogP contribution in [0.25, 0.3) is 5.76 Å². The Kier molecular flexibility index (Phi) is 6.05. The van der Waals surface area contributed by atoms with Crippen LogP contribution in [0.15, 0.2) is 52.5 Å². The summed E-state index contributed by atoms with van der Waals surface area (Å²) in [5, 5.41) is 11.2. The number of halogens is 1. The number of nitrogens with zero attached hydrogens (tertiary/aromatic N) is 1. The van der Waals surface area contributed by atoms with Crippen LogP contribution in [0, 0.1) is 0 Å². The number of ketones is 1. The molecule has 2 fully saturated rings. The van der Waals surface area contributed by atoms with Crippen LogP contribution in [0.2, 0.25) is 0 Å². The molecule has 1 N–H and O–H groups in total. The lowest BCUT2D eigenvalue weighted by Gasteiger charge is -2.30. The summed E-state index contributed by atoms with van der Waals surface area (Å²) < 4.78 is 11.2. The maximum atomic E-state index is 13.1. The Hall–Kier alpha value is -2.80. The molecular weight excluding hydrogens is 462 g/mol. The molecule has 1 saturated carbocycles. The van der Waals surface area contributed by atoms with Gasteiger partial charge in [0.15, 0.2) is 0 Å². The Morgan fingerprint density at radius 1 is 1.03 bits per heavy atom. The smallest absolute Gasteiger partial charge is 0.295 e. The van der Waals surface area contributed by atoms with E-state index in [0.717, 1.165) is 31.2 Å². The van der Waals surface area contributed by atoms with Gasteiger partial charge in [0.1, 0.15) is 17.3 Å². The van der Waals surface area contributed by atoms with Gasteiger partial charge in [-0.15, -0.1) is 0 Å². The molecule has 1 aliphatic heterocycles. The topological polar surface area (TPSA) is 76.1 Å². The van der Waals surface area contributed by atoms with E-state index in [4.69, 9.17) is 9.47 Å². The van der Waals surface area contributed by atoms with E-state index in [1.165, 1.54) is 0 Å². The third-order valence-corrected chi connectivity index (χ3v) is 6.67. The third kappa shape index (κ3) is 3.82. The van der Waals surface area contributed by atoms with E-state index in [2.05, 4.69) is 15.9 Å². The number of Topliss-reactive ketones (excluding diaryl/α,β-unsaturated/α-hetero) is 1. The van der Waals surface area contributed by atoms with Crippen molar-refractivity contribution in [1.82, 2.24) is 4.90 Å². The monoisotopic (exact) mass is 485 g/mol. The number of benzene rings is 2. The van der Waals surface area contributed by atoms with Crippen LogP contribution >= 0.6 is 15.9 Å². The van der Waals surface area contributed by atoms with Crippen LogP contribution < -0.4 is 9.47 Å². The molecule has 0 bridgehead atoms. The Balaban J connectivity index is 1.86. The van der Waals surface area contributed by atoms with Crippen LogP contribution in [0.4, 0.5) is 0 Å². The van der Waals surface area contributed by atoms with Crippen LogP contribution in [0.3, 0.4) is 0 Å². The Labute approximate surface area is 189 Å². The molecule has 1 aliphatic carbocycles. The molecule has 1 amide bonds. The molecule has 1 atom stereocenters. The summed E-state index contributed by atoms with van der Waals surface area (Å²) in [5.74, 6) is -0.114. The van der Waals surface area contributed by atoms with E-state index in [9.17, 15) is 14.7 Å². The number of aliphatic hydroxyl groups is 1. The largest absolute Gasteiger partial charge is 0.507 e. The van der Waals surface area contributed by atoms with Crippen LogP contribution in [-0.2, 0) is 9.59 Å². The second-order valence-corrected chi connectivity index (χ2v) is 8.62. The highest BCUT2D eigenvalue weighted by molar-refractivity contribution is 9.10. The minimum absolute atomic E-state index is 0.0172. The fraction of sp³-hybridized carbons (Fsp3) is 0.333. The number of carbonyl (C=O) groups excluding carboxylic acids is 2. The Morgan fingerprint density at radius 2 is 1.71 bits per heavy atom. The first-order valence-corrected chi connectivity index (χ1v) is 11.0. The summed E-state index contributed by atoms with van der Waals surface area (Å²) in [6.07, 6.45) is 3.75. The van der Waals surface area contributed by atoms with Gasteiger partial charge in [-0.1, -0.05) is 25.0 Å². The van der Waals surface area contributed by atoms with Gasteiger partial charge in [-0.25, -0.2) is 0 Å². The molecular formula is C24H24BrNO5. The number of amides is 1. The second-order valence-electron chi connectivity index (χ2n) is 7.77. The highest BCUT2D eigenvalue weighted by Crippen LogP contribution is 2.44. The lowest BCUT2D eigenvalue weighted by atomic mass is 9.94. The second kappa shape index (κ2) is 8.75. The molecule has 0 spiro atoms. The molecule has 2 aromatic rings. The summed E-state index contributed by atoms with van der Waals surface area (Å²) in [4.78, 5) is 27.9. The zero-order valence-corrected chi connectivity index (χ0v) is 19.0. The van der Waals surface area contributed by atoms with Crippen LogP contribution in [-0.4, -0.2) is 42.0 Å². The molecule has 0 aromatic heterocycles. The molecule has 162 valence electrons. The lowest BCUT2D eigenvalue weighted by molar-refractivity contribution is -0.141. The Morgan fingerprint density at radius 3 is 2.29 bits per heavy atom. The van der Waals surface area contributed by atoms with Gasteiger partial charge < -0.3 is 19.5 Å². The van der Waals surface area contributed by atoms with Gasteiger partial charge in [0.2, 0.25) is 0 Å². The van der Waals surface area contributed by atoms with Gasteiger partial charge in [0, 0.05) is 11.6 Å². The quantitative estimate of drug-likeness (QED) is 0.372. The van der Waals surface area contributed by atoms with Gasteiger partial charge in [-0.3, -0.25) is 9.59 Å². The summed E-state index contributed by atoms with van der Waals surface area (Å²) >= 11 is 3.42. The number of carbonyl (C=O) groups is 2. The van der Waals surface area contributed by atoms with E-state index in [-0.39, 0.29) is 17.4 Å². The number of aliphatic hydroxyl groups excluding tert-OH is 1. The van der Waals surface area contributed by atoms with E-state index >= 15 is 0 Å². The van der Waals surface area contributed by atoms with Gasteiger partial charge in [0.05, 0.1) is 30.3 Å². The summed E-state index contributed by atoms with van der Waals surface area (Å²) in [5.41, 5.74) is 1.32. The molecule has 0 radical (unpaired) electrons. The van der Waals surface area contributed by atoms with E-state index in [1.54, 1.807) is 49.5 Å². The number of hydrogen-bond donors (Lipinski definition) is 1. The van der Waals surface area contributed by atoms with E-state index in [0.29, 0.717) is 21.5 Å². The predicted molar refractivity (Wildman–Crippen MR) is 120 cm³/mol. The maximum absolute atomic E-state index is 13.1. The zero-order chi connectivity index (χ0) is 22.1. The van der Waals surface area contributed by atoms with Crippen molar-refractivity contribution in [3.63, 3.8) is 0 Å². The van der Waals surface area contributed by atoms with Crippen molar-refractivity contribution in [3.8, 4) is 11.5 Å². The van der Waals surface area contributed by atoms with Crippen LogP contribution in [0.5, 0.6) is 11.5 Å². The molecule has 31 heavy (non-hydrogen) atoms. The molecule has 2 aromatic carbocycles. The highest BCUT2D eigenvalue weighted by atomic mass is 79.9. The van der Waals surface area contributed by atoms with Crippen molar-refractivity contribution in [2.75, 3.05) is 14.2 Å². The zero-order valence-electron chi connectivity index (χ0n) is 17.4. The molecule has 6 nitrogen and oxygen atoms in total. The molecule has 1 saturated heterocycles. The predicted octanol–water partition coefficient (Wildman–Crippen LogP) is 4.83. The normalized spacial score (nSPS) is 21.0. The van der Waals surface area contributed by atoms with Gasteiger partial charge in [-0.2, -0.15) is 0 Å². The number of likely N-dealkylation sites (tertiary alicyclic amines) is 1. The van der Waals surface area contributed by atoms with Gasteiger partial charge in [0.25, 0.3) is 11.7 Å². The van der Waals surface area contributed by atoms with Crippen molar-refractivity contribution in [3.05, 3.63) is 63.6 Å². The molecule has 7 heteroatoms. The number of ether oxygens (including phenoxy) is 2. The lowest BCUT2D eigenvalue weighted by Crippen LogP contribution is -2.37. The van der Waals surface area contributed by atoms with Gasteiger partial charge >= 0.3 is 0 Å². The molecule has 1 unspecified atom stereocenters. The first kappa shape index (κ1) is 21.4. The first-order valence-electron chi connectivity index (χ1n) is 10.2. The van der Waals surface area contributed by atoms with E-state index in [1.807, 2.05) is 12.1 Å².